The Labute approximate surface area is 73.3 Å². The first-order valence-electron chi connectivity index (χ1n) is 4.11. The molecule has 0 aliphatic heterocycles. The first-order valence-corrected chi connectivity index (χ1v) is 4.11. The molecule has 0 aliphatic carbocycles. The monoisotopic (exact) mass is 174 g/mol. The highest BCUT2D eigenvalue weighted by molar-refractivity contribution is 5.77. The summed E-state index contributed by atoms with van der Waals surface area (Å²) >= 11 is 0. The fraction of sp³-hybridized carbons (Fsp3) is 0.875. The molecule has 4 nitrogen and oxygen atoms in total. The van der Waals surface area contributed by atoms with Crippen molar-refractivity contribution in [2.75, 3.05) is 20.1 Å². The van der Waals surface area contributed by atoms with Gasteiger partial charge in [0, 0.05) is 6.54 Å². The van der Waals surface area contributed by atoms with E-state index < -0.39 is 11.5 Å². The lowest BCUT2D eigenvalue weighted by atomic mass is 10.00. The van der Waals surface area contributed by atoms with Crippen LogP contribution < -0.4 is 5.73 Å². The van der Waals surface area contributed by atoms with Gasteiger partial charge in [-0.1, -0.05) is 6.92 Å². The number of nitrogens with zero attached hydrogens (tertiary/aromatic N) is 1. The Balaban J connectivity index is 3.83. The highest BCUT2D eigenvalue weighted by Gasteiger charge is 2.27. The number of rotatable bonds is 5. The summed E-state index contributed by atoms with van der Waals surface area (Å²) in [5, 5.41) is 8.68. The average Bonchev–Trinajstić information content (AvgIpc) is 2.00. The smallest absolute Gasteiger partial charge is 0.323 e. The van der Waals surface area contributed by atoms with E-state index >= 15 is 0 Å². The molecule has 0 fully saturated rings. The molecule has 1 unspecified atom stereocenters. The maximum Gasteiger partial charge on any atom is 0.323 e. The lowest BCUT2D eigenvalue weighted by molar-refractivity contribution is -0.143. The summed E-state index contributed by atoms with van der Waals surface area (Å²) in [6.45, 7) is 5.19. The normalized spacial score (nSPS) is 16.1. The molecule has 72 valence electrons. The molecule has 1 atom stereocenters. The maximum absolute atomic E-state index is 10.6. The minimum absolute atomic E-state index is 0.479. The summed E-state index contributed by atoms with van der Waals surface area (Å²) in [6.07, 6.45) is 0.479. The largest absolute Gasteiger partial charge is 0.480 e. The number of carboxylic acid groups (broad SMARTS) is 1. The van der Waals surface area contributed by atoms with Gasteiger partial charge in [0.15, 0.2) is 0 Å². The number of carbonyl (C=O) groups is 1. The first kappa shape index (κ1) is 11.4. The molecular formula is C8H18N2O2. The van der Waals surface area contributed by atoms with Crippen LogP contribution in [0, 0.1) is 0 Å². The molecule has 0 amide bonds. The van der Waals surface area contributed by atoms with Gasteiger partial charge in [0.2, 0.25) is 0 Å². The van der Waals surface area contributed by atoms with Crippen molar-refractivity contribution in [3.8, 4) is 0 Å². The van der Waals surface area contributed by atoms with Gasteiger partial charge in [-0.05, 0) is 26.9 Å². The molecule has 0 spiro atoms. The third-order valence-electron chi connectivity index (χ3n) is 2.04. The van der Waals surface area contributed by atoms with Crippen LogP contribution in [0.25, 0.3) is 0 Å². The van der Waals surface area contributed by atoms with E-state index in [9.17, 15) is 4.79 Å². The first-order chi connectivity index (χ1) is 5.40. The van der Waals surface area contributed by atoms with Gasteiger partial charge in [-0.3, -0.25) is 4.79 Å². The second kappa shape index (κ2) is 4.42. The van der Waals surface area contributed by atoms with Gasteiger partial charge in [0.05, 0.1) is 0 Å². The average molecular weight is 174 g/mol. The molecule has 4 heteroatoms. The third kappa shape index (κ3) is 3.69. The van der Waals surface area contributed by atoms with Crippen molar-refractivity contribution in [2.24, 2.45) is 5.73 Å². The molecule has 0 aromatic carbocycles. The van der Waals surface area contributed by atoms with Crippen molar-refractivity contribution in [2.45, 2.75) is 25.8 Å². The van der Waals surface area contributed by atoms with Gasteiger partial charge in [-0.15, -0.1) is 0 Å². The van der Waals surface area contributed by atoms with Crippen LogP contribution >= 0.6 is 0 Å². The zero-order valence-corrected chi connectivity index (χ0v) is 8.00. The Hall–Kier alpha value is -0.610. The molecule has 0 radical (unpaired) electrons. The van der Waals surface area contributed by atoms with Crippen LogP contribution in [0.15, 0.2) is 0 Å². The van der Waals surface area contributed by atoms with E-state index in [0.29, 0.717) is 6.42 Å². The molecular weight excluding hydrogens is 156 g/mol. The second-order valence-corrected chi connectivity index (χ2v) is 3.37. The predicted octanol–water partition coefficient (Wildman–Crippen LogP) is 0.130. The van der Waals surface area contributed by atoms with Crippen LogP contribution in [0.2, 0.25) is 0 Å². The van der Waals surface area contributed by atoms with Gasteiger partial charge in [0.1, 0.15) is 5.54 Å². The lowest BCUT2D eigenvalue weighted by Crippen LogP contribution is -2.46. The number of hydrogen-bond acceptors (Lipinski definition) is 3. The zero-order valence-electron chi connectivity index (χ0n) is 8.00. The van der Waals surface area contributed by atoms with Gasteiger partial charge in [-0.2, -0.15) is 0 Å². The zero-order chi connectivity index (χ0) is 9.78. The quantitative estimate of drug-likeness (QED) is 0.621. The second-order valence-electron chi connectivity index (χ2n) is 3.37. The summed E-state index contributed by atoms with van der Waals surface area (Å²) in [6, 6.07) is 0. The van der Waals surface area contributed by atoms with Crippen molar-refractivity contribution in [3.63, 3.8) is 0 Å². The molecule has 0 rings (SSSR count). The van der Waals surface area contributed by atoms with Crippen LogP contribution in [0.1, 0.15) is 20.3 Å². The topological polar surface area (TPSA) is 66.6 Å². The summed E-state index contributed by atoms with van der Waals surface area (Å²) in [5.41, 5.74) is 4.44. The SMILES string of the molecule is CCN(C)CCC(C)(N)C(=O)O. The Bertz CT molecular complexity index is 157. The molecule has 0 heterocycles. The van der Waals surface area contributed by atoms with E-state index in [2.05, 4.69) is 0 Å². The molecule has 0 saturated heterocycles. The molecule has 0 bridgehead atoms. The molecule has 0 saturated carbocycles. The molecule has 0 aromatic heterocycles. The number of carboxylic acids is 1. The number of aliphatic carboxylic acids is 1. The van der Waals surface area contributed by atoms with Gasteiger partial charge in [-0.25, -0.2) is 0 Å². The third-order valence-corrected chi connectivity index (χ3v) is 2.04. The summed E-state index contributed by atoms with van der Waals surface area (Å²) in [5.74, 6) is -0.938. The lowest BCUT2D eigenvalue weighted by Gasteiger charge is -2.22. The van der Waals surface area contributed by atoms with Crippen LogP contribution in [0.4, 0.5) is 0 Å². The Morgan fingerprint density at radius 2 is 2.17 bits per heavy atom. The highest BCUT2D eigenvalue weighted by atomic mass is 16.4. The van der Waals surface area contributed by atoms with E-state index in [-0.39, 0.29) is 0 Å². The predicted molar refractivity (Wildman–Crippen MR) is 48.0 cm³/mol. The molecule has 0 aromatic rings. The highest BCUT2D eigenvalue weighted by Crippen LogP contribution is 2.05. The van der Waals surface area contributed by atoms with Crippen molar-refractivity contribution in [1.82, 2.24) is 4.90 Å². The number of nitrogens with two attached hydrogens (primary N) is 1. The molecule has 0 aliphatic rings. The van der Waals surface area contributed by atoms with E-state index in [1.807, 2.05) is 18.9 Å². The summed E-state index contributed by atoms with van der Waals surface area (Å²) in [4.78, 5) is 12.6. The van der Waals surface area contributed by atoms with Crippen LogP contribution in [0.3, 0.4) is 0 Å². The van der Waals surface area contributed by atoms with Gasteiger partial charge >= 0.3 is 5.97 Å². The van der Waals surface area contributed by atoms with Crippen molar-refractivity contribution < 1.29 is 9.90 Å². The minimum Gasteiger partial charge on any atom is -0.480 e. The fourth-order valence-corrected chi connectivity index (χ4v) is 0.688. The maximum atomic E-state index is 10.6. The van der Waals surface area contributed by atoms with E-state index in [0.717, 1.165) is 13.1 Å². The van der Waals surface area contributed by atoms with E-state index in [4.69, 9.17) is 10.8 Å². The standard InChI is InChI=1S/C8H18N2O2/c1-4-10(3)6-5-8(2,9)7(11)12/h4-6,9H2,1-3H3,(H,11,12). The van der Waals surface area contributed by atoms with Gasteiger partial charge in [0.25, 0.3) is 0 Å². The molecule has 12 heavy (non-hydrogen) atoms. The van der Waals surface area contributed by atoms with Crippen LogP contribution in [0.5, 0.6) is 0 Å². The van der Waals surface area contributed by atoms with Gasteiger partial charge < -0.3 is 15.7 Å². The number of hydrogen-bond donors (Lipinski definition) is 2. The van der Waals surface area contributed by atoms with E-state index in [1.165, 1.54) is 0 Å². The van der Waals surface area contributed by atoms with Crippen molar-refractivity contribution >= 4 is 5.97 Å². The van der Waals surface area contributed by atoms with Crippen LogP contribution in [-0.4, -0.2) is 41.7 Å². The summed E-state index contributed by atoms with van der Waals surface area (Å²) < 4.78 is 0. The van der Waals surface area contributed by atoms with Crippen LogP contribution in [-0.2, 0) is 4.79 Å². The Morgan fingerprint density at radius 3 is 2.50 bits per heavy atom. The summed E-state index contributed by atoms with van der Waals surface area (Å²) in [7, 11) is 1.94. The Morgan fingerprint density at radius 1 is 1.67 bits per heavy atom. The van der Waals surface area contributed by atoms with Crippen molar-refractivity contribution in [3.05, 3.63) is 0 Å². The molecule has 3 N–H and O–H groups in total. The minimum atomic E-state index is -1.09. The van der Waals surface area contributed by atoms with Crippen molar-refractivity contribution in [1.29, 1.82) is 0 Å². The fourth-order valence-electron chi connectivity index (χ4n) is 0.688. The van der Waals surface area contributed by atoms with E-state index in [1.54, 1.807) is 6.92 Å². The Kier molecular flexibility index (Phi) is 4.20.